The third kappa shape index (κ3) is 3.26. The van der Waals surface area contributed by atoms with E-state index in [1.807, 2.05) is 13.8 Å². The number of hydrogen-bond acceptors (Lipinski definition) is 2. The van der Waals surface area contributed by atoms with Crippen LogP contribution in [0.1, 0.15) is 21.5 Å². The predicted octanol–water partition coefficient (Wildman–Crippen LogP) is 5.48. The molecule has 0 aliphatic carbocycles. The quantitative estimate of drug-likeness (QED) is 0.538. The van der Waals surface area contributed by atoms with Crippen LogP contribution in [0.25, 0.3) is 0 Å². The molecule has 0 saturated heterocycles. The zero-order chi connectivity index (χ0) is 14.9. The first-order chi connectivity index (χ1) is 9.38. The van der Waals surface area contributed by atoms with E-state index >= 15 is 0 Å². The van der Waals surface area contributed by atoms with Crippen molar-refractivity contribution in [2.45, 2.75) is 13.8 Å². The van der Waals surface area contributed by atoms with Crippen molar-refractivity contribution >= 4 is 40.8 Å². The molecule has 2 nitrogen and oxygen atoms in total. The topological polar surface area (TPSA) is 26.3 Å². The highest BCUT2D eigenvalue weighted by molar-refractivity contribution is 6.42. The molecule has 0 bridgehead atoms. The normalized spacial score (nSPS) is 10.4. The second kappa shape index (κ2) is 6.04. The molecule has 0 atom stereocenters. The molecule has 104 valence electrons. The van der Waals surface area contributed by atoms with Crippen LogP contribution in [0.5, 0.6) is 5.75 Å². The summed E-state index contributed by atoms with van der Waals surface area (Å²) in [6.07, 6.45) is 0. The highest BCUT2D eigenvalue weighted by Crippen LogP contribution is 2.27. The van der Waals surface area contributed by atoms with Gasteiger partial charge in [-0.3, -0.25) is 0 Å². The molecule has 0 aliphatic heterocycles. The number of halogens is 3. The Hall–Kier alpha value is -1.22. The minimum absolute atomic E-state index is 0.310. The van der Waals surface area contributed by atoms with Gasteiger partial charge >= 0.3 is 5.97 Å². The van der Waals surface area contributed by atoms with Gasteiger partial charge in [-0.1, -0.05) is 34.8 Å². The second-order valence-electron chi connectivity index (χ2n) is 4.39. The summed E-state index contributed by atoms with van der Waals surface area (Å²) in [6, 6.07) is 8.02. The number of esters is 1. The summed E-state index contributed by atoms with van der Waals surface area (Å²) in [5.41, 5.74) is 2.04. The first kappa shape index (κ1) is 15.2. The average Bonchev–Trinajstić information content (AvgIpc) is 2.39. The Morgan fingerprint density at radius 2 is 1.55 bits per heavy atom. The Balaban J connectivity index is 2.25. The van der Waals surface area contributed by atoms with Crippen molar-refractivity contribution in [2.75, 3.05) is 0 Å². The minimum Gasteiger partial charge on any atom is -0.423 e. The van der Waals surface area contributed by atoms with Gasteiger partial charge in [0, 0.05) is 5.02 Å². The fourth-order valence-electron chi connectivity index (χ4n) is 1.75. The Morgan fingerprint density at radius 3 is 2.10 bits per heavy atom. The SMILES string of the molecule is Cc1cc(OC(=O)c2ccc(Cl)c(Cl)c2)cc(C)c1Cl. The van der Waals surface area contributed by atoms with E-state index in [0.29, 0.717) is 26.4 Å². The monoisotopic (exact) mass is 328 g/mol. The third-order valence-corrected chi connectivity index (χ3v) is 4.11. The van der Waals surface area contributed by atoms with Gasteiger partial charge in [0.15, 0.2) is 0 Å². The molecule has 0 aromatic heterocycles. The maximum atomic E-state index is 12.0. The van der Waals surface area contributed by atoms with Gasteiger partial charge in [-0.2, -0.15) is 0 Å². The Bertz CT molecular complexity index is 658. The molecule has 2 rings (SSSR count). The first-order valence-electron chi connectivity index (χ1n) is 5.82. The van der Waals surface area contributed by atoms with E-state index in [0.717, 1.165) is 11.1 Å². The number of aryl methyl sites for hydroxylation is 2. The average molecular weight is 330 g/mol. The van der Waals surface area contributed by atoms with Crippen LogP contribution >= 0.6 is 34.8 Å². The maximum absolute atomic E-state index is 12.0. The number of carbonyl (C=O) groups excluding carboxylic acids is 1. The Labute approximate surface area is 132 Å². The van der Waals surface area contributed by atoms with E-state index in [4.69, 9.17) is 39.5 Å². The number of carbonyl (C=O) groups is 1. The predicted molar refractivity (Wildman–Crippen MR) is 82.3 cm³/mol. The van der Waals surface area contributed by atoms with Crippen LogP contribution < -0.4 is 4.74 Å². The van der Waals surface area contributed by atoms with Gasteiger partial charge in [-0.05, 0) is 55.3 Å². The molecule has 0 spiro atoms. The molecule has 0 saturated carbocycles. The second-order valence-corrected chi connectivity index (χ2v) is 5.58. The van der Waals surface area contributed by atoms with E-state index in [9.17, 15) is 4.79 Å². The summed E-state index contributed by atoms with van der Waals surface area (Å²) in [5.74, 6) is -0.0508. The zero-order valence-corrected chi connectivity index (χ0v) is 13.1. The molecule has 0 heterocycles. The van der Waals surface area contributed by atoms with Crippen molar-refractivity contribution in [1.82, 2.24) is 0 Å². The summed E-state index contributed by atoms with van der Waals surface area (Å²) in [5, 5.41) is 1.37. The van der Waals surface area contributed by atoms with Crippen molar-refractivity contribution < 1.29 is 9.53 Å². The summed E-state index contributed by atoms with van der Waals surface area (Å²) in [6.45, 7) is 3.71. The lowest BCUT2D eigenvalue weighted by atomic mass is 10.1. The minimum atomic E-state index is -0.496. The maximum Gasteiger partial charge on any atom is 0.343 e. The summed E-state index contributed by atoms with van der Waals surface area (Å²) in [7, 11) is 0. The van der Waals surface area contributed by atoms with E-state index in [-0.39, 0.29) is 0 Å². The van der Waals surface area contributed by atoms with Gasteiger partial charge in [-0.25, -0.2) is 4.79 Å². The fourth-order valence-corrected chi connectivity index (χ4v) is 2.16. The highest BCUT2D eigenvalue weighted by Gasteiger charge is 2.12. The van der Waals surface area contributed by atoms with Crippen molar-refractivity contribution in [3.63, 3.8) is 0 Å². The van der Waals surface area contributed by atoms with Gasteiger partial charge in [0.2, 0.25) is 0 Å². The van der Waals surface area contributed by atoms with Gasteiger partial charge in [0.25, 0.3) is 0 Å². The molecule has 2 aromatic rings. The molecule has 0 unspecified atom stereocenters. The largest absolute Gasteiger partial charge is 0.423 e. The summed E-state index contributed by atoms with van der Waals surface area (Å²) >= 11 is 17.7. The van der Waals surface area contributed by atoms with Gasteiger partial charge < -0.3 is 4.74 Å². The molecule has 20 heavy (non-hydrogen) atoms. The van der Waals surface area contributed by atoms with Crippen molar-refractivity contribution in [2.24, 2.45) is 0 Å². The number of rotatable bonds is 2. The molecule has 0 amide bonds. The van der Waals surface area contributed by atoms with Gasteiger partial charge in [0.05, 0.1) is 15.6 Å². The van der Waals surface area contributed by atoms with E-state index in [1.54, 1.807) is 24.3 Å². The van der Waals surface area contributed by atoms with Crippen molar-refractivity contribution in [3.05, 3.63) is 62.1 Å². The van der Waals surface area contributed by atoms with Gasteiger partial charge in [0.1, 0.15) is 5.75 Å². The lowest BCUT2D eigenvalue weighted by Crippen LogP contribution is -2.08. The zero-order valence-electron chi connectivity index (χ0n) is 10.8. The highest BCUT2D eigenvalue weighted by atomic mass is 35.5. The molecule has 0 N–H and O–H groups in total. The van der Waals surface area contributed by atoms with E-state index in [2.05, 4.69) is 0 Å². The number of ether oxygens (including phenoxy) is 1. The van der Waals surface area contributed by atoms with Crippen LogP contribution in [0.15, 0.2) is 30.3 Å². The van der Waals surface area contributed by atoms with Gasteiger partial charge in [-0.15, -0.1) is 0 Å². The molecule has 0 aliphatic rings. The molecule has 0 radical (unpaired) electrons. The standard InChI is InChI=1S/C15H11Cl3O2/c1-8-5-11(6-9(2)14(8)18)20-15(19)10-3-4-12(16)13(17)7-10/h3-7H,1-2H3. The Morgan fingerprint density at radius 1 is 0.950 bits per heavy atom. The third-order valence-electron chi connectivity index (χ3n) is 2.78. The molecule has 5 heteroatoms. The van der Waals surface area contributed by atoms with E-state index < -0.39 is 5.97 Å². The van der Waals surface area contributed by atoms with Crippen LogP contribution in [0.4, 0.5) is 0 Å². The van der Waals surface area contributed by atoms with E-state index in [1.165, 1.54) is 6.07 Å². The molecular formula is C15H11Cl3O2. The van der Waals surface area contributed by atoms with Crippen LogP contribution in [0.3, 0.4) is 0 Å². The van der Waals surface area contributed by atoms with Crippen LogP contribution in [0.2, 0.25) is 15.1 Å². The lowest BCUT2D eigenvalue weighted by Gasteiger charge is -2.09. The molecular weight excluding hydrogens is 319 g/mol. The summed E-state index contributed by atoms with van der Waals surface area (Å²) < 4.78 is 5.31. The fraction of sp³-hybridized carbons (Fsp3) is 0.133. The number of hydrogen-bond donors (Lipinski definition) is 0. The van der Waals surface area contributed by atoms with Crippen LogP contribution in [-0.2, 0) is 0 Å². The number of benzene rings is 2. The van der Waals surface area contributed by atoms with Crippen molar-refractivity contribution in [1.29, 1.82) is 0 Å². The lowest BCUT2D eigenvalue weighted by molar-refractivity contribution is 0.0734. The Kier molecular flexibility index (Phi) is 4.59. The first-order valence-corrected chi connectivity index (χ1v) is 6.96. The van der Waals surface area contributed by atoms with Crippen LogP contribution in [-0.4, -0.2) is 5.97 Å². The molecule has 0 fully saturated rings. The summed E-state index contributed by atoms with van der Waals surface area (Å²) in [4.78, 5) is 12.0. The molecule has 2 aromatic carbocycles. The van der Waals surface area contributed by atoms with Crippen molar-refractivity contribution in [3.8, 4) is 5.75 Å². The smallest absolute Gasteiger partial charge is 0.343 e. The van der Waals surface area contributed by atoms with Crippen LogP contribution in [0, 0.1) is 13.8 Å².